The number of rotatable bonds is 5. The summed E-state index contributed by atoms with van der Waals surface area (Å²) in [5.41, 5.74) is 0.488. The molecule has 3 aromatic heterocycles. The maximum absolute atomic E-state index is 14.0. The quantitative estimate of drug-likeness (QED) is 0.370. The lowest BCUT2D eigenvalue weighted by atomic mass is 10.1. The summed E-state index contributed by atoms with van der Waals surface area (Å²) >= 11 is 0. The number of nitrogens with one attached hydrogen (secondary N) is 1. The van der Waals surface area contributed by atoms with Gasteiger partial charge in [-0.2, -0.15) is 15.3 Å². The van der Waals surface area contributed by atoms with Gasteiger partial charge in [-0.25, -0.2) is 18.5 Å². The zero-order valence-electron chi connectivity index (χ0n) is 20.5. The largest absolute Gasteiger partial charge is 0.359 e. The van der Waals surface area contributed by atoms with Crippen molar-refractivity contribution in [3.8, 4) is 11.8 Å². The number of pyridine rings is 1. The van der Waals surface area contributed by atoms with Gasteiger partial charge in [0.05, 0.1) is 29.5 Å². The molecule has 0 unspecified atom stereocenters. The van der Waals surface area contributed by atoms with Crippen LogP contribution in [0.5, 0.6) is 0 Å². The summed E-state index contributed by atoms with van der Waals surface area (Å²) in [6.45, 7) is -0.0866. The van der Waals surface area contributed by atoms with E-state index in [1.165, 1.54) is 29.0 Å². The molecule has 0 amide bonds. The highest BCUT2D eigenvalue weighted by Crippen LogP contribution is 2.22. The summed E-state index contributed by atoms with van der Waals surface area (Å²) in [5.74, 6) is -0.679. The zero-order chi connectivity index (χ0) is 27.1. The van der Waals surface area contributed by atoms with Gasteiger partial charge in [0.2, 0.25) is 5.95 Å². The van der Waals surface area contributed by atoms with Gasteiger partial charge in [-0.1, -0.05) is 30.3 Å². The predicted octanol–water partition coefficient (Wildman–Crippen LogP) is 3.63. The van der Waals surface area contributed by atoms with Gasteiger partial charge >= 0.3 is 11.4 Å². The Kier molecular flexibility index (Phi) is 5.69. The molecule has 1 N–H and O–H groups in total. The Labute approximate surface area is 219 Å². The van der Waals surface area contributed by atoms with Crippen molar-refractivity contribution in [1.29, 1.82) is 5.26 Å². The third-order valence-corrected chi connectivity index (χ3v) is 6.33. The molecule has 10 nitrogen and oxygen atoms in total. The molecule has 0 aliphatic heterocycles. The smallest absolute Gasteiger partial charge is 0.325 e. The van der Waals surface area contributed by atoms with Crippen LogP contribution in [0.3, 0.4) is 0 Å². The molecule has 0 fully saturated rings. The number of anilines is 2. The fourth-order valence-corrected chi connectivity index (χ4v) is 4.51. The Morgan fingerprint density at radius 3 is 2.72 bits per heavy atom. The number of aromatic nitrogens is 6. The minimum atomic E-state index is -0.795. The first-order valence-electron chi connectivity index (χ1n) is 11.9. The molecule has 0 radical (unpaired) electrons. The van der Waals surface area contributed by atoms with Crippen molar-refractivity contribution >= 4 is 33.3 Å². The highest BCUT2D eigenvalue weighted by molar-refractivity contribution is 5.89. The van der Waals surface area contributed by atoms with Crippen LogP contribution in [0, 0.1) is 17.1 Å². The Bertz CT molecular complexity index is 2060. The lowest BCUT2D eigenvalue weighted by molar-refractivity contribution is 0.620. The van der Waals surface area contributed by atoms with E-state index in [4.69, 9.17) is 0 Å². The third kappa shape index (κ3) is 4.30. The topological polar surface area (TPSA) is 123 Å². The van der Waals surface area contributed by atoms with Crippen LogP contribution in [-0.2, 0) is 13.6 Å². The van der Waals surface area contributed by atoms with Crippen LogP contribution in [0.1, 0.15) is 11.1 Å². The summed E-state index contributed by atoms with van der Waals surface area (Å²) in [6, 6.07) is 18.5. The molecule has 0 bridgehead atoms. The van der Waals surface area contributed by atoms with Crippen molar-refractivity contribution in [2.75, 3.05) is 5.32 Å². The average Bonchev–Trinajstić information content (AvgIpc) is 3.31. The fourth-order valence-electron chi connectivity index (χ4n) is 4.51. The number of fused-ring (bicyclic) bond motifs is 2. The second kappa shape index (κ2) is 9.35. The highest BCUT2D eigenvalue weighted by atomic mass is 19.1. The molecular weight excluding hydrogens is 499 g/mol. The molecular formula is C28H19FN8O2. The van der Waals surface area contributed by atoms with Gasteiger partial charge in [0.15, 0.2) is 0 Å². The third-order valence-electron chi connectivity index (χ3n) is 6.33. The average molecular weight is 519 g/mol. The van der Waals surface area contributed by atoms with Gasteiger partial charge in [-0.05, 0) is 35.9 Å². The molecule has 6 rings (SSSR count). The standard InChI is InChI=1S/C28H19FN8O2/c1-35-16-20-11-21(7-9-24(20)34-35)32-26-33-27(38)37(25-14-31-13-18-4-2-3-5-22(18)25)28(39)36(26)15-17-6-8-23(29)19(10-17)12-30/h2-11,13-14,16H,15H2,1H3,(H,32,33,38). The predicted molar refractivity (Wildman–Crippen MR) is 144 cm³/mol. The Balaban J connectivity index is 1.54. The molecule has 3 heterocycles. The number of nitriles is 1. The Morgan fingerprint density at radius 2 is 1.87 bits per heavy atom. The van der Waals surface area contributed by atoms with Gasteiger partial charge < -0.3 is 5.32 Å². The van der Waals surface area contributed by atoms with Gasteiger partial charge in [-0.15, -0.1) is 0 Å². The number of hydrogen-bond donors (Lipinski definition) is 1. The zero-order valence-corrected chi connectivity index (χ0v) is 20.5. The van der Waals surface area contributed by atoms with Crippen LogP contribution >= 0.6 is 0 Å². The monoisotopic (exact) mass is 518 g/mol. The maximum atomic E-state index is 14.0. The van der Waals surface area contributed by atoms with Crippen molar-refractivity contribution in [2.45, 2.75) is 6.54 Å². The van der Waals surface area contributed by atoms with Crippen LogP contribution in [0.4, 0.5) is 16.0 Å². The van der Waals surface area contributed by atoms with Crippen molar-refractivity contribution in [3.63, 3.8) is 0 Å². The fraction of sp³-hybridized carbons (Fsp3) is 0.0714. The molecule has 39 heavy (non-hydrogen) atoms. The Hall–Kier alpha value is -5.63. The van der Waals surface area contributed by atoms with Crippen molar-refractivity contribution < 1.29 is 4.39 Å². The summed E-state index contributed by atoms with van der Waals surface area (Å²) in [6.07, 6.45) is 4.92. The molecule has 0 saturated carbocycles. The molecule has 190 valence electrons. The SMILES string of the molecule is Cn1cc2cc(Nc3nc(=O)n(-c4cncc5ccccc45)c(=O)n3Cc3ccc(F)c(C#N)c3)ccc2n1. The number of nitrogens with zero attached hydrogens (tertiary/aromatic N) is 7. The minimum Gasteiger partial charge on any atom is -0.325 e. The lowest BCUT2D eigenvalue weighted by Crippen LogP contribution is -2.42. The van der Waals surface area contributed by atoms with E-state index in [9.17, 15) is 19.2 Å². The van der Waals surface area contributed by atoms with Crippen LogP contribution in [0.25, 0.3) is 27.4 Å². The van der Waals surface area contributed by atoms with E-state index in [0.717, 1.165) is 20.9 Å². The number of halogens is 1. The van der Waals surface area contributed by atoms with E-state index in [1.807, 2.05) is 43.6 Å². The molecule has 6 aromatic rings. The number of benzene rings is 3. The van der Waals surface area contributed by atoms with Gasteiger partial charge in [0.25, 0.3) is 0 Å². The van der Waals surface area contributed by atoms with E-state index in [2.05, 4.69) is 20.4 Å². The van der Waals surface area contributed by atoms with Crippen molar-refractivity contribution in [2.24, 2.45) is 7.05 Å². The maximum Gasteiger partial charge on any atom is 0.359 e. The summed E-state index contributed by atoms with van der Waals surface area (Å²) < 4.78 is 17.9. The molecule has 0 aliphatic carbocycles. The van der Waals surface area contributed by atoms with Crippen LogP contribution in [0.15, 0.2) is 88.8 Å². The molecule has 0 saturated heterocycles. The number of hydrogen-bond acceptors (Lipinski definition) is 7. The van der Waals surface area contributed by atoms with E-state index in [0.29, 0.717) is 16.6 Å². The van der Waals surface area contributed by atoms with Crippen LogP contribution in [-0.4, -0.2) is 28.9 Å². The van der Waals surface area contributed by atoms with Gasteiger partial charge in [0.1, 0.15) is 11.9 Å². The molecule has 0 aliphatic rings. The lowest BCUT2D eigenvalue weighted by Gasteiger charge is -2.16. The summed E-state index contributed by atoms with van der Waals surface area (Å²) in [4.78, 5) is 35.7. The molecule has 0 atom stereocenters. The van der Waals surface area contributed by atoms with Gasteiger partial charge in [0, 0.05) is 41.3 Å². The molecule has 3 aromatic carbocycles. The second-order valence-electron chi connectivity index (χ2n) is 8.93. The van der Waals surface area contributed by atoms with Crippen LogP contribution < -0.4 is 16.7 Å². The first-order chi connectivity index (χ1) is 18.9. The highest BCUT2D eigenvalue weighted by Gasteiger charge is 2.18. The van der Waals surface area contributed by atoms with Crippen molar-refractivity contribution in [1.82, 2.24) is 28.9 Å². The second-order valence-corrected chi connectivity index (χ2v) is 8.93. The van der Waals surface area contributed by atoms with Gasteiger partial charge in [-0.3, -0.25) is 14.2 Å². The van der Waals surface area contributed by atoms with Crippen LogP contribution in [0.2, 0.25) is 0 Å². The molecule has 0 spiro atoms. The van der Waals surface area contributed by atoms with E-state index in [-0.39, 0.29) is 23.7 Å². The van der Waals surface area contributed by atoms with E-state index >= 15 is 0 Å². The minimum absolute atomic E-state index is 0.0134. The molecule has 11 heteroatoms. The first kappa shape index (κ1) is 23.7. The van der Waals surface area contributed by atoms with Crippen molar-refractivity contribution in [3.05, 3.63) is 117 Å². The summed E-state index contributed by atoms with van der Waals surface area (Å²) in [5, 5.41) is 19.0. The van der Waals surface area contributed by atoms with E-state index < -0.39 is 17.2 Å². The normalized spacial score (nSPS) is 11.1. The Morgan fingerprint density at radius 1 is 1.03 bits per heavy atom. The van der Waals surface area contributed by atoms with E-state index in [1.54, 1.807) is 29.1 Å². The number of aryl methyl sites for hydroxylation is 1. The summed E-state index contributed by atoms with van der Waals surface area (Å²) in [7, 11) is 1.81. The first-order valence-corrected chi connectivity index (χ1v) is 11.9.